The molecule has 0 radical (unpaired) electrons. The standard InChI is InChI=1S/C18H23N3.C4H4O4/c1-2-9-19-11-12-21-16-7-4-3-6-15(16)13-20-10-5-8-17(20)18(21)14-19;5-3(6)1-2-4(7)8/h3-8,10,18H,2,9,11-14H2,1H3;1-2H,(H,5,6)(H,7,8). The minimum atomic E-state index is -1.26. The maximum absolute atomic E-state index is 9.55. The van der Waals surface area contributed by atoms with Gasteiger partial charge in [0.25, 0.3) is 0 Å². The number of rotatable bonds is 4. The molecule has 0 saturated carbocycles. The van der Waals surface area contributed by atoms with Gasteiger partial charge in [-0.25, -0.2) is 9.59 Å². The van der Waals surface area contributed by atoms with E-state index in [2.05, 4.69) is 63.9 Å². The van der Waals surface area contributed by atoms with Gasteiger partial charge in [0.1, 0.15) is 0 Å². The van der Waals surface area contributed by atoms with Gasteiger partial charge in [-0.15, -0.1) is 0 Å². The Morgan fingerprint density at radius 3 is 2.48 bits per heavy atom. The molecule has 4 rings (SSSR count). The molecular formula is C22H27N3O4. The van der Waals surface area contributed by atoms with Gasteiger partial charge in [0.2, 0.25) is 0 Å². The van der Waals surface area contributed by atoms with Crippen LogP contribution < -0.4 is 4.90 Å². The predicted molar refractivity (Wildman–Crippen MR) is 111 cm³/mol. The van der Waals surface area contributed by atoms with Gasteiger partial charge in [0.15, 0.2) is 0 Å². The first kappa shape index (κ1) is 20.7. The third kappa shape index (κ3) is 5.06. The summed E-state index contributed by atoms with van der Waals surface area (Å²) in [5.74, 6) is -2.51. The van der Waals surface area contributed by atoms with Crippen LogP contribution in [0.3, 0.4) is 0 Å². The lowest BCUT2D eigenvalue weighted by Gasteiger charge is -2.42. The summed E-state index contributed by atoms with van der Waals surface area (Å²) >= 11 is 0. The lowest BCUT2D eigenvalue weighted by molar-refractivity contribution is -0.134. The second-order valence-electron chi connectivity index (χ2n) is 7.21. The van der Waals surface area contributed by atoms with Crippen LogP contribution in [0, 0.1) is 0 Å². The summed E-state index contributed by atoms with van der Waals surface area (Å²) < 4.78 is 2.43. The van der Waals surface area contributed by atoms with Gasteiger partial charge in [-0.2, -0.15) is 0 Å². The zero-order valence-electron chi connectivity index (χ0n) is 16.6. The number of anilines is 1. The molecule has 2 aliphatic rings. The number of aliphatic carboxylic acids is 2. The Kier molecular flexibility index (Phi) is 6.72. The third-order valence-corrected chi connectivity index (χ3v) is 5.22. The molecule has 1 aromatic carbocycles. The highest BCUT2D eigenvalue weighted by atomic mass is 16.4. The Labute approximate surface area is 170 Å². The van der Waals surface area contributed by atoms with Crippen molar-refractivity contribution >= 4 is 17.6 Å². The van der Waals surface area contributed by atoms with Crippen molar-refractivity contribution in [2.75, 3.05) is 31.1 Å². The van der Waals surface area contributed by atoms with E-state index < -0.39 is 11.9 Å². The van der Waals surface area contributed by atoms with E-state index in [9.17, 15) is 9.59 Å². The quantitative estimate of drug-likeness (QED) is 0.772. The summed E-state index contributed by atoms with van der Waals surface area (Å²) in [5, 5.41) is 15.6. The zero-order valence-corrected chi connectivity index (χ0v) is 16.6. The number of aromatic nitrogens is 1. The zero-order chi connectivity index (χ0) is 20.8. The van der Waals surface area contributed by atoms with Crippen molar-refractivity contribution in [1.82, 2.24) is 9.47 Å². The van der Waals surface area contributed by atoms with Gasteiger partial charge in [-0.1, -0.05) is 25.1 Å². The van der Waals surface area contributed by atoms with Crippen molar-refractivity contribution in [3.8, 4) is 0 Å². The first-order chi connectivity index (χ1) is 14.0. The van der Waals surface area contributed by atoms with Crippen LogP contribution >= 0.6 is 0 Å². The fourth-order valence-electron chi connectivity index (χ4n) is 4.02. The second-order valence-corrected chi connectivity index (χ2v) is 7.21. The van der Waals surface area contributed by atoms with E-state index in [1.165, 1.54) is 36.5 Å². The summed E-state index contributed by atoms with van der Waals surface area (Å²) in [6, 6.07) is 13.9. The average molecular weight is 397 g/mol. The minimum absolute atomic E-state index is 0.490. The summed E-state index contributed by atoms with van der Waals surface area (Å²) in [6.45, 7) is 7.95. The Bertz CT molecular complexity index is 874. The molecule has 1 atom stereocenters. The molecule has 1 fully saturated rings. The molecule has 0 aliphatic carbocycles. The van der Waals surface area contributed by atoms with Crippen LogP contribution in [0.5, 0.6) is 0 Å². The summed E-state index contributed by atoms with van der Waals surface area (Å²) in [4.78, 5) is 24.4. The lowest BCUT2D eigenvalue weighted by Crippen LogP contribution is -2.48. The number of nitrogens with zero attached hydrogens (tertiary/aromatic N) is 3. The van der Waals surface area contributed by atoms with E-state index in [0.29, 0.717) is 18.2 Å². The van der Waals surface area contributed by atoms with Crippen molar-refractivity contribution in [1.29, 1.82) is 0 Å². The summed E-state index contributed by atoms with van der Waals surface area (Å²) in [6.07, 6.45) is 4.59. The molecule has 1 saturated heterocycles. The fourth-order valence-corrected chi connectivity index (χ4v) is 4.02. The number of carbonyl (C=O) groups is 2. The van der Waals surface area contributed by atoms with Crippen molar-refractivity contribution in [2.24, 2.45) is 0 Å². The van der Waals surface area contributed by atoms with Crippen LogP contribution in [0.15, 0.2) is 54.7 Å². The van der Waals surface area contributed by atoms with Gasteiger partial charge >= 0.3 is 11.9 Å². The summed E-state index contributed by atoms with van der Waals surface area (Å²) in [5.41, 5.74) is 4.34. The maximum Gasteiger partial charge on any atom is 0.328 e. The molecule has 0 amide bonds. The van der Waals surface area contributed by atoms with Crippen LogP contribution in [0.4, 0.5) is 5.69 Å². The number of para-hydroxylation sites is 1. The maximum atomic E-state index is 9.55. The highest BCUT2D eigenvalue weighted by molar-refractivity contribution is 5.89. The van der Waals surface area contributed by atoms with Crippen LogP contribution in [0.1, 0.15) is 30.6 Å². The second kappa shape index (κ2) is 9.43. The molecule has 154 valence electrons. The lowest BCUT2D eigenvalue weighted by atomic mass is 10.1. The van der Waals surface area contributed by atoms with E-state index >= 15 is 0 Å². The van der Waals surface area contributed by atoms with Crippen molar-refractivity contribution in [2.45, 2.75) is 25.9 Å². The summed E-state index contributed by atoms with van der Waals surface area (Å²) in [7, 11) is 0. The molecule has 2 aromatic rings. The third-order valence-electron chi connectivity index (χ3n) is 5.22. The van der Waals surface area contributed by atoms with Gasteiger partial charge in [-0.05, 0) is 36.7 Å². The molecule has 0 spiro atoms. The molecule has 29 heavy (non-hydrogen) atoms. The Balaban J connectivity index is 0.000000258. The molecule has 2 N–H and O–H groups in total. The highest BCUT2D eigenvalue weighted by Gasteiger charge is 2.32. The number of piperazine rings is 1. The van der Waals surface area contributed by atoms with Crippen LogP contribution in [0.25, 0.3) is 0 Å². The van der Waals surface area contributed by atoms with Crippen LogP contribution in [0.2, 0.25) is 0 Å². The van der Waals surface area contributed by atoms with E-state index in [1.54, 1.807) is 0 Å². The van der Waals surface area contributed by atoms with Gasteiger partial charge in [-0.3, -0.25) is 4.90 Å². The van der Waals surface area contributed by atoms with E-state index in [-0.39, 0.29) is 0 Å². The van der Waals surface area contributed by atoms with Crippen LogP contribution in [-0.2, 0) is 16.1 Å². The van der Waals surface area contributed by atoms with Crippen molar-refractivity contribution in [3.63, 3.8) is 0 Å². The largest absolute Gasteiger partial charge is 0.478 e. The molecule has 2 aliphatic heterocycles. The number of carboxylic acids is 2. The van der Waals surface area contributed by atoms with E-state index in [4.69, 9.17) is 10.2 Å². The molecular weight excluding hydrogens is 370 g/mol. The molecule has 3 heterocycles. The first-order valence-corrected chi connectivity index (χ1v) is 9.85. The van der Waals surface area contributed by atoms with Gasteiger partial charge < -0.3 is 19.7 Å². The average Bonchev–Trinajstić information content (AvgIpc) is 3.11. The van der Waals surface area contributed by atoms with Crippen molar-refractivity contribution < 1.29 is 19.8 Å². The number of hydrogen-bond acceptors (Lipinski definition) is 4. The van der Waals surface area contributed by atoms with Gasteiger partial charge in [0.05, 0.1) is 6.04 Å². The van der Waals surface area contributed by atoms with E-state index in [1.807, 2.05) is 0 Å². The highest BCUT2D eigenvalue weighted by Crippen LogP contribution is 2.36. The minimum Gasteiger partial charge on any atom is -0.478 e. The number of benzene rings is 1. The smallest absolute Gasteiger partial charge is 0.328 e. The normalized spacial score (nSPS) is 18.1. The number of carboxylic acid groups (broad SMARTS) is 2. The van der Waals surface area contributed by atoms with Crippen LogP contribution in [-0.4, -0.2) is 57.8 Å². The molecule has 7 nitrogen and oxygen atoms in total. The van der Waals surface area contributed by atoms with E-state index in [0.717, 1.165) is 19.6 Å². The fraction of sp³-hybridized carbons (Fsp3) is 0.364. The first-order valence-electron chi connectivity index (χ1n) is 9.85. The number of fused-ring (bicyclic) bond motifs is 5. The predicted octanol–water partition coefficient (Wildman–Crippen LogP) is 2.83. The SMILES string of the molecule is CCCN1CCN2c3ccccc3Cn3cccc3C2C1.O=C(O)C=CC(=O)O. The Morgan fingerprint density at radius 1 is 1.07 bits per heavy atom. The number of hydrogen-bond donors (Lipinski definition) is 2. The molecule has 1 aromatic heterocycles. The Hall–Kier alpha value is -3.06. The monoisotopic (exact) mass is 397 g/mol. The van der Waals surface area contributed by atoms with Crippen molar-refractivity contribution in [3.05, 3.63) is 66.0 Å². The van der Waals surface area contributed by atoms with Gasteiger partial charge in [0, 0.05) is 55.9 Å². The molecule has 7 heteroatoms. The molecule has 1 unspecified atom stereocenters. The Morgan fingerprint density at radius 2 is 1.79 bits per heavy atom. The topological polar surface area (TPSA) is 86.0 Å². The molecule has 0 bridgehead atoms.